The number of ether oxygens (including phenoxy) is 2. The largest absolute Gasteiger partial charge is 0.484 e. The van der Waals surface area contributed by atoms with Gasteiger partial charge in [-0.1, -0.05) is 23.6 Å². The second-order valence-electron chi connectivity index (χ2n) is 6.61. The summed E-state index contributed by atoms with van der Waals surface area (Å²) >= 11 is 5.83. The summed E-state index contributed by atoms with van der Waals surface area (Å²) in [5, 5.41) is 11.7. The van der Waals surface area contributed by atoms with E-state index < -0.39 is 0 Å². The highest BCUT2D eigenvalue weighted by Crippen LogP contribution is 2.33. The van der Waals surface area contributed by atoms with E-state index in [1.165, 1.54) is 0 Å². The van der Waals surface area contributed by atoms with Crippen molar-refractivity contribution in [2.24, 2.45) is 0 Å². The minimum Gasteiger partial charge on any atom is -0.484 e. The maximum atomic E-state index is 12.1. The fourth-order valence-corrected chi connectivity index (χ4v) is 3.19. The number of aromatic nitrogens is 2. The van der Waals surface area contributed by atoms with Crippen molar-refractivity contribution < 1.29 is 18.7 Å². The molecule has 7 nitrogen and oxygen atoms in total. The van der Waals surface area contributed by atoms with E-state index in [-0.39, 0.29) is 30.6 Å². The molecule has 1 N–H and O–H groups in total. The van der Waals surface area contributed by atoms with Crippen molar-refractivity contribution in [3.63, 3.8) is 0 Å². The maximum Gasteiger partial charge on any atom is 0.414 e. The third-order valence-corrected chi connectivity index (χ3v) is 4.73. The van der Waals surface area contributed by atoms with Gasteiger partial charge >= 0.3 is 6.08 Å². The molecule has 0 aliphatic heterocycles. The molecule has 1 fully saturated rings. The van der Waals surface area contributed by atoms with E-state index in [9.17, 15) is 4.79 Å². The van der Waals surface area contributed by atoms with Crippen LogP contribution < -0.4 is 14.8 Å². The number of hydrogen-bond acceptors (Lipinski definition) is 6. The second kappa shape index (κ2) is 9.60. The van der Waals surface area contributed by atoms with Gasteiger partial charge in [0.25, 0.3) is 5.91 Å². The number of carbonyl (C=O) groups excluding carboxylic acids is 1. The minimum absolute atomic E-state index is 0.0106. The zero-order chi connectivity index (χ0) is 19.1. The van der Waals surface area contributed by atoms with E-state index in [1.54, 1.807) is 24.3 Å². The topological polar surface area (TPSA) is 86.5 Å². The first kappa shape index (κ1) is 19.5. The first-order valence-corrected chi connectivity index (χ1v) is 9.65. The number of hydrogen-bond donors (Lipinski definition) is 1. The zero-order valence-corrected chi connectivity index (χ0v) is 16.1. The first-order valence-electron chi connectivity index (χ1n) is 9.28. The lowest BCUT2D eigenvalue weighted by atomic mass is 9.86. The lowest BCUT2D eigenvalue weighted by Gasteiger charge is -2.27. The molecular formula is C19H24ClN3O4. The lowest BCUT2D eigenvalue weighted by molar-refractivity contribution is -0.124. The fraction of sp³-hybridized carbons (Fsp3) is 0.526. The minimum atomic E-state index is -0.124. The molecule has 8 heteroatoms. The number of nitrogens with one attached hydrogen (secondary N) is 1. The first-order chi connectivity index (χ1) is 13.1. The number of nitrogens with zero attached hydrogens (tertiary/aromatic N) is 2. The molecule has 2 aromatic rings. The molecule has 1 saturated carbocycles. The third kappa shape index (κ3) is 5.85. The molecule has 146 valence electrons. The molecule has 0 saturated heterocycles. The number of amides is 1. The Kier molecular flexibility index (Phi) is 6.92. The lowest BCUT2D eigenvalue weighted by Crippen LogP contribution is -2.39. The summed E-state index contributed by atoms with van der Waals surface area (Å²) in [5.74, 6) is 1.34. The predicted octanol–water partition coefficient (Wildman–Crippen LogP) is 3.73. The second-order valence-corrected chi connectivity index (χ2v) is 7.05. The van der Waals surface area contributed by atoms with Crippen LogP contribution in [-0.4, -0.2) is 35.4 Å². The van der Waals surface area contributed by atoms with E-state index in [2.05, 4.69) is 15.5 Å². The molecule has 1 amide bonds. The summed E-state index contributed by atoms with van der Waals surface area (Å²) in [6, 6.07) is 7.08. The van der Waals surface area contributed by atoms with Crippen LogP contribution in [0.3, 0.4) is 0 Å². The fourth-order valence-electron chi connectivity index (χ4n) is 3.07. The van der Waals surface area contributed by atoms with Gasteiger partial charge in [-0.2, -0.15) is 0 Å². The van der Waals surface area contributed by atoms with Crippen LogP contribution in [0.1, 0.15) is 50.8 Å². The Morgan fingerprint density at radius 1 is 1.19 bits per heavy atom. The van der Waals surface area contributed by atoms with Gasteiger partial charge in [-0.05, 0) is 56.4 Å². The Morgan fingerprint density at radius 2 is 1.93 bits per heavy atom. The Bertz CT molecular complexity index is 727. The van der Waals surface area contributed by atoms with Crippen molar-refractivity contribution in [1.82, 2.24) is 15.5 Å². The Morgan fingerprint density at radius 3 is 2.63 bits per heavy atom. The summed E-state index contributed by atoms with van der Waals surface area (Å²) in [6.07, 6.45) is 4.64. The van der Waals surface area contributed by atoms with Crippen LogP contribution in [0, 0.1) is 0 Å². The van der Waals surface area contributed by atoms with Gasteiger partial charge in [-0.3, -0.25) is 4.79 Å². The van der Waals surface area contributed by atoms with E-state index in [1.807, 2.05) is 6.92 Å². The van der Waals surface area contributed by atoms with Gasteiger partial charge in [0.15, 0.2) is 6.61 Å². The van der Waals surface area contributed by atoms with Gasteiger partial charge in [0.05, 0.1) is 6.61 Å². The molecule has 1 heterocycles. The summed E-state index contributed by atoms with van der Waals surface area (Å²) in [5.41, 5.74) is 0. The van der Waals surface area contributed by atoms with E-state index in [0.717, 1.165) is 32.1 Å². The molecule has 0 atom stereocenters. The monoisotopic (exact) mass is 393 g/mol. The van der Waals surface area contributed by atoms with Crippen molar-refractivity contribution >= 4 is 17.5 Å². The standard InChI is InChI=1S/C19H24ClN3O4/c1-2-11-25-19-23-22-18(27-19)13-3-7-15(8-4-13)21-17(24)12-26-16-9-5-14(20)6-10-16/h5-6,9-10,13,15H,2-4,7-8,11-12H2,1H3,(H,21,24). The molecule has 0 unspecified atom stereocenters. The smallest absolute Gasteiger partial charge is 0.414 e. The van der Waals surface area contributed by atoms with E-state index >= 15 is 0 Å². The van der Waals surface area contributed by atoms with Crippen LogP contribution in [0.4, 0.5) is 0 Å². The van der Waals surface area contributed by atoms with E-state index in [0.29, 0.717) is 23.3 Å². The van der Waals surface area contributed by atoms with E-state index in [4.69, 9.17) is 25.5 Å². The summed E-state index contributed by atoms with van der Waals surface area (Å²) < 4.78 is 16.4. The highest BCUT2D eigenvalue weighted by atomic mass is 35.5. The molecule has 27 heavy (non-hydrogen) atoms. The average molecular weight is 394 g/mol. The number of halogens is 1. The molecule has 0 bridgehead atoms. The van der Waals surface area contributed by atoms with Crippen LogP contribution in [0.25, 0.3) is 0 Å². The molecule has 0 radical (unpaired) electrons. The average Bonchev–Trinajstić information content (AvgIpc) is 3.15. The van der Waals surface area contributed by atoms with Crippen molar-refractivity contribution in [3.05, 3.63) is 35.2 Å². The summed E-state index contributed by atoms with van der Waals surface area (Å²) in [4.78, 5) is 12.1. The van der Waals surface area contributed by atoms with Crippen LogP contribution in [-0.2, 0) is 4.79 Å². The molecule has 1 aliphatic carbocycles. The highest BCUT2D eigenvalue weighted by Gasteiger charge is 2.27. The van der Waals surface area contributed by atoms with Crippen molar-refractivity contribution in [2.75, 3.05) is 13.2 Å². The van der Waals surface area contributed by atoms with Gasteiger partial charge < -0.3 is 19.2 Å². The predicted molar refractivity (Wildman–Crippen MR) is 100 cm³/mol. The Balaban J connectivity index is 1.39. The maximum absolute atomic E-state index is 12.1. The van der Waals surface area contributed by atoms with Crippen molar-refractivity contribution in [2.45, 2.75) is 51.0 Å². The Hall–Kier alpha value is -2.28. The quantitative estimate of drug-likeness (QED) is 0.735. The normalized spacial score (nSPS) is 19.5. The molecular weight excluding hydrogens is 370 g/mol. The highest BCUT2D eigenvalue weighted by molar-refractivity contribution is 6.30. The molecule has 3 rings (SSSR count). The zero-order valence-electron chi connectivity index (χ0n) is 15.3. The van der Waals surface area contributed by atoms with Crippen molar-refractivity contribution in [1.29, 1.82) is 0 Å². The van der Waals surface area contributed by atoms with Gasteiger partial charge in [0.2, 0.25) is 5.89 Å². The number of benzene rings is 1. The van der Waals surface area contributed by atoms with Crippen molar-refractivity contribution in [3.8, 4) is 11.8 Å². The molecule has 1 aromatic heterocycles. The number of rotatable bonds is 8. The van der Waals surface area contributed by atoms with Crippen LogP contribution in [0.5, 0.6) is 11.8 Å². The van der Waals surface area contributed by atoms with Gasteiger partial charge in [-0.15, -0.1) is 5.10 Å². The molecule has 0 spiro atoms. The number of carbonyl (C=O) groups is 1. The SMILES string of the molecule is CCCOc1nnc(C2CCC(NC(=O)COc3ccc(Cl)cc3)CC2)o1. The summed E-state index contributed by atoms with van der Waals surface area (Å²) in [6.45, 7) is 2.58. The van der Waals surface area contributed by atoms with Crippen LogP contribution in [0.2, 0.25) is 5.02 Å². The third-order valence-electron chi connectivity index (χ3n) is 4.48. The van der Waals surface area contributed by atoms with Crippen LogP contribution in [0.15, 0.2) is 28.7 Å². The summed E-state index contributed by atoms with van der Waals surface area (Å²) in [7, 11) is 0. The van der Waals surface area contributed by atoms with Crippen LogP contribution >= 0.6 is 11.6 Å². The van der Waals surface area contributed by atoms with Gasteiger partial charge in [-0.25, -0.2) is 0 Å². The molecule has 1 aromatic carbocycles. The van der Waals surface area contributed by atoms with Gasteiger partial charge in [0.1, 0.15) is 5.75 Å². The van der Waals surface area contributed by atoms with Gasteiger partial charge in [0, 0.05) is 17.0 Å². The molecule has 1 aliphatic rings. The Labute approximate surface area is 163 Å².